The van der Waals surface area contributed by atoms with Crippen LogP contribution in [-0.2, 0) is 0 Å². The lowest BCUT2D eigenvalue weighted by Gasteiger charge is -2.42. The number of fused-ring (bicyclic) bond motifs is 2. The summed E-state index contributed by atoms with van der Waals surface area (Å²) >= 11 is 8.56. The lowest BCUT2D eigenvalue weighted by molar-refractivity contribution is 0.0570. The van der Waals surface area contributed by atoms with Gasteiger partial charge in [0.25, 0.3) is 0 Å². The molecule has 1 saturated heterocycles. The Labute approximate surface area is 275 Å². The quantitative estimate of drug-likeness (QED) is 0.154. The van der Waals surface area contributed by atoms with Crippen molar-refractivity contribution in [3.63, 3.8) is 0 Å². The standard InChI is InChI=1S/C35H43ClN8S/c1-8-22-18-37-31-26(30(22)38-20-34(2,3)4)16-23(17-27(31)36)40-32(25-10-9-11-28-33(25)45-21-39-28)29-19-44(42-41-29)24-12-14-43(15-13-24)35(5,6)7/h1,9-11,16-19,21,24,32,40-42H,12-15,20H2,2-7H3,(H,37,38)/t32-/m0/s1. The first-order valence-corrected chi connectivity index (χ1v) is 16.9. The maximum absolute atomic E-state index is 6.91. The molecule has 0 spiro atoms. The van der Waals surface area contributed by atoms with Gasteiger partial charge in [0.1, 0.15) is 0 Å². The highest BCUT2D eigenvalue weighted by atomic mass is 35.5. The van der Waals surface area contributed by atoms with E-state index >= 15 is 0 Å². The highest BCUT2D eigenvalue weighted by Crippen LogP contribution is 2.38. The summed E-state index contributed by atoms with van der Waals surface area (Å²) in [7, 11) is 0. The Balaban J connectivity index is 1.37. The monoisotopic (exact) mass is 642 g/mol. The highest BCUT2D eigenvalue weighted by molar-refractivity contribution is 7.17. The Kier molecular flexibility index (Phi) is 8.61. The molecule has 2 aromatic heterocycles. The van der Waals surface area contributed by atoms with E-state index in [1.54, 1.807) is 17.5 Å². The van der Waals surface area contributed by atoms with Crippen molar-refractivity contribution in [2.75, 3.05) is 30.3 Å². The van der Waals surface area contributed by atoms with Crippen LogP contribution in [0.3, 0.4) is 0 Å². The average Bonchev–Trinajstić information content (AvgIpc) is 3.68. The zero-order valence-electron chi connectivity index (χ0n) is 27.0. The number of benzene rings is 2. The molecule has 0 aliphatic carbocycles. The second kappa shape index (κ2) is 12.3. The van der Waals surface area contributed by atoms with Crippen LogP contribution < -0.4 is 21.6 Å². The molecule has 4 heterocycles. The van der Waals surface area contributed by atoms with E-state index < -0.39 is 0 Å². The first kappa shape index (κ1) is 31.4. The van der Waals surface area contributed by atoms with Crippen molar-refractivity contribution in [3.05, 3.63) is 70.1 Å². The summed E-state index contributed by atoms with van der Waals surface area (Å²) in [5.41, 5.74) is 15.4. The van der Waals surface area contributed by atoms with Gasteiger partial charge in [-0.2, -0.15) is 0 Å². The minimum Gasteiger partial charge on any atom is -0.383 e. The smallest absolute Gasteiger partial charge is 0.0958 e. The lowest BCUT2D eigenvalue weighted by Crippen LogP contribution is -2.52. The molecule has 2 aliphatic heterocycles. The first-order valence-electron chi connectivity index (χ1n) is 15.6. The number of pyridine rings is 1. The number of anilines is 2. The summed E-state index contributed by atoms with van der Waals surface area (Å²) in [5.74, 6) is 2.81. The molecular weight excluding hydrogens is 600 g/mol. The van der Waals surface area contributed by atoms with E-state index in [1.807, 2.05) is 11.6 Å². The van der Waals surface area contributed by atoms with E-state index in [0.29, 0.717) is 22.1 Å². The third kappa shape index (κ3) is 6.70. The molecule has 1 fully saturated rings. The van der Waals surface area contributed by atoms with Crippen LogP contribution in [0.15, 0.2) is 53.9 Å². The van der Waals surface area contributed by atoms with Crippen molar-refractivity contribution in [1.29, 1.82) is 0 Å². The summed E-state index contributed by atoms with van der Waals surface area (Å²) < 4.78 is 1.14. The minimum absolute atomic E-state index is 0.0580. The fourth-order valence-corrected chi connectivity index (χ4v) is 7.23. The third-order valence-corrected chi connectivity index (χ3v) is 9.79. The Hall–Kier alpha value is -3.55. The number of piperidine rings is 1. The summed E-state index contributed by atoms with van der Waals surface area (Å²) in [6, 6.07) is 10.5. The number of nitrogens with one attached hydrogen (secondary N) is 4. The van der Waals surface area contributed by atoms with Crippen molar-refractivity contribution >= 4 is 55.4 Å². The number of thiazole rings is 1. The molecule has 236 valence electrons. The van der Waals surface area contributed by atoms with Gasteiger partial charge < -0.3 is 16.1 Å². The predicted molar refractivity (Wildman–Crippen MR) is 189 cm³/mol. The highest BCUT2D eigenvalue weighted by Gasteiger charge is 2.32. The normalized spacial score (nSPS) is 17.3. The maximum Gasteiger partial charge on any atom is 0.0958 e. The SMILES string of the molecule is C#Cc1cnc2c(Cl)cc(N[C@H](C3=CN(C4CCN(C(C)(C)C)CC4)NN3)c3cccc4ncsc34)cc2c1NCC(C)(C)C. The average molecular weight is 643 g/mol. The number of hydrogen-bond acceptors (Lipinski definition) is 9. The summed E-state index contributed by atoms with van der Waals surface area (Å²) in [6.07, 6.45) is 12.0. The molecule has 4 N–H and O–H groups in total. The van der Waals surface area contributed by atoms with Gasteiger partial charge in [-0.1, -0.05) is 50.4 Å². The van der Waals surface area contributed by atoms with Crippen LogP contribution in [-0.4, -0.2) is 51.1 Å². The molecule has 0 amide bonds. The number of hydrazine groups is 2. The zero-order chi connectivity index (χ0) is 31.9. The fourth-order valence-electron chi connectivity index (χ4n) is 6.12. The molecule has 0 unspecified atom stereocenters. The Bertz CT molecular complexity index is 1770. The van der Waals surface area contributed by atoms with Gasteiger partial charge in [-0.25, -0.2) is 4.98 Å². The molecule has 0 radical (unpaired) electrons. The van der Waals surface area contributed by atoms with Crippen LogP contribution in [0, 0.1) is 17.8 Å². The summed E-state index contributed by atoms with van der Waals surface area (Å²) in [6.45, 7) is 16.4. The van der Waals surface area contributed by atoms with Gasteiger partial charge in [0, 0.05) is 54.7 Å². The van der Waals surface area contributed by atoms with Crippen molar-refractivity contribution < 1.29 is 0 Å². The zero-order valence-corrected chi connectivity index (χ0v) is 28.5. The van der Waals surface area contributed by atoms with Crippen molar-refractivity contribution in [3.8, 4) is 12.3 Å². The van der Waals surface area contributed by atoms with Crippen LogP contribution in [0.5, 0.6) is 0 Å². The van der Waals surface area contributed by atoms with Crippen molar-refractivity contribution in [1.82, 2.24) is 30.8 Å². The number of likely N-dealkylation sites (tertiary alicyclic amines) is 1. The van der Waals surface area contributed by atoms with Crippen LogP contribution >= 0.6 is 22.9 Å². The van der Waals surface area contributed by atoms with Gasteiger partial charge >= 0.3 is 0 Å². The third-order valence-electron chi connectivity index (χ3n) is 8.61. The summed E-state index contributed by atoms with van der Waals surface area (Å²) in [5, 5.41) is 11.1. The minimum atomic E-state index is -0.204. The number of rotatable bonds is 7. The van der Waals surface area contributed by atoms with E-state index in [0.717, 1.165) is 70.7 Å². The first-order chi connectivity index (χ1) is 21.4. The molecule has 2 aliphatic rings. The number of hydrogen-bond donors (Lipinski definition) is 4. The lowest BCUT2D eigenvalue weighted by atomic mass is 9.96. The molecule has 0 bridgehead atoms. The van der Waals surface area contributed by atoms with Gasteiger partial charge in [0.05, 0.1) is 49.3 Å². The number of terminal acetylenes is 1. The van der Waals surface area contributed by atoms with Gasteiger partial charge in [-0.05, 0) is 62.8 Å². The Morgan fingerprint density at radius 3 is 2.62 bits per heavy atom. The second-order valence-electron chi connectivity index (χ2n) is 14.2. The van der Waals surface area contributed by atoms with Gasteiger partial charge in [-0.3, -0.25) is 14.9 Å². The van der Waals surface area contributed by atoms with E-state index in [-0.39, 0.29) is 17.0 Å². The van der Waals surface area contributed by atoms with Gasteiger partial charge in [0.15, 0.2) is 0 Å². The molecule has 10 heteroatoms. The van der Waals surface area contributed by atoms with E-state index in [9.17, 15) is 0 Å². The maximum atomic E-state index is 6.91. The van der Waals surface area contributed by atoms with E-state index in [2.05, 4.69) is 119 Å². The van der Waals surface area contributed by atoms with Crippen LogP contribution in [0.1, 0.15) is 71.6 Å². The largest absolute Gasteiger partial charge is 0.383 e. The molecule has 2 aromatic carbocycles. The molecule has 4 aromatic rings. The molecular formula is C35H43ClN8S. The van der Waals surface area contributed by atoms with Crippen LogP contribution in [0.4, 0.5) is 11.4 Å². The van der Waals surface area contributed by atoms with Crippen molar-refractivity contribution in [2.45, 2.75) is 72.0 Å². The Morgan fingerprint density at radius 1 is 1.13 bits per heavy atom. The van der Waals surface area contributed by atoms with E-state index in [1.165, 1.54) is 0 Å². The van der Waals surface area contributed by atoms with Gasteiger partial charge in [-0.15, -0.1) is 23.3 Å². The van der Waals surface area contributed by atoms with Crippen LogP contribution in [0.25, 0.3) is 21.1 Å². The van der Waals surface area contributed by atoms with E-state index in [4.69, 9.17) is 18.0 Å². The van der Waals surface area contributed by atoms with Gasteiger partial charge in [0.2, 0.25) is 0 Å². The molecule has 8 nitrogen and oxygen atoms in total. The number of aromatic nitrogens is 2. The second-order valence-corrected chi connectivity index (χ2v) is 15.5. The summed E-state index contributed by atoms with van der Waals surface area (Å²) in [4.78, 5) is 11.8. The predicted octanol–water partition coefficient (Wildman–Crippen LogP) is 7.52. The molecule has 1 atom stereocenters. The molecule has 0 saturated carbocycles. The van der Waals surface area contributed by atoms with Crippen LogP contribution in [0.2, 0.25) is 5.02 Å². The molecule has 6 rings (SSSR count). The Morgan fingerprint density at radius 2 is 1.91 bits per heavy atom. The molecule has 45 heavy (non-hydrogen) atoms. The fraction of sp³-hybridized carbons (Fsp3) is 0.429. The number of halogens is 1. The number of nitrogens with zero attached hydrogens (tertiary/aromatic N) is 4. The van der Waals surface area contributed by atoms with Crippen molar-refractivity contribution in [2.24, 2.45) is 5.41 Å². The topological polar surface area (TPSA) is 80.4 Å².